The van der Waals surface area contributed by atoms with Crippen LogP contribution in [0.15, 0.2) is 46.9 Å². The first-order valence-electron chi connectivity index (χ1n) is 12.0. The summed E-state index contributed by atoms with van der Waals surface area (Å²) < 4.78 is 5.90. The molecular formula is C29H30N2O4. The minimum absolute atomic E-state index is 0.124. The molecule has 35 heavy (non-hydrogen) atoms. The van der Waals surface area contributed by atoms with Crippen molar-refractivity contribution >= 4 is 23.4 Å². The van der Waals surface area contributed by atoms with Gasteiger partial charge in [-0.05, 0) is 83.2 Å². The summed E-state index contributed by atoms with van der Waals surface area (Å²) >= 11 is 0. The van der Waals surface area contributed by atoms with Crippen LogP contribution in [-0.2, 0) is 17.3 Å². The van der Waals surface area contributed by atoms with Gasteiger partial charge in [0.25, 0.3) is 17.7 Å². The van der Waals surface area contributed by atoms with Gasteiger partial charge in [-0.3, -0.25) is 19.7 Å². The number of carbonyl (C=O) groups excluding carboxylic acids is 3. The number of amides is 3. The summed E-state index contributed by atoms with van der Waals surface area (Å²) in [7, 11) is 0. The summed E-state index contributed by atoms with van der Waals surface area (Å²) in [5.41, 5.74) is 6.52. The Morgan fingerprint density at radius 3 is 2.29 bits per heavy atom. The first-order valence-corrected chi connectivity index (χ1v) is 12.0. The largest absolute Gasteiger partial charge is 0.456 e. The van der Waals surface area contributed by atoms with E-state index in [0.29, 0.717) is 23.4 Å². The van der Waals surface area contributed by atoms with Crippen molar-refractivity contribution in [3.05, 3.63) is 87.4 Å². The van der Waals surface area contributed by atoms with Crippen molar-refractivity contribution in [1.29, 1.82) is 0 Å². The van der Waals surface area contributed by atoms with Crippen LogP contribution in [0.25, 0.3) is 0 Å². The molecule has 3 aromatic rings. The zero-order valence-corrected chi connectivity index (χ0v) is 20.8. The molecule has 0 radical (unpaired) electrons. The van der Waals surface area contributed by atoms with E-state index >= 15 is 0 Å². The van der Waals surface area contributed by atoms with Gasteiger partial charge in [0.1, 0.15) is 5.76 Å². The van der Waals surface area contributed by atoms with E-state index in [0.717, 1.165) is 6.42 Å². The molecule has 2 aromatic carbocycles. The van der Waals surface area contributed by atoms with Crippen LogP contribution in [0, 0.1) is 6.92 Å². The number of carbonyl (C=O) groups is 3. The van der Waals surface area contributed by atoms with E-state index in [1.807, 2.05) is 6.07 Å². The van der Waals surface area contributed by atoms with Gasteiger partial charge in [-0.15, -0.1) is 0 Å². The quantitative estimate of drug-likeness (QED) is 0.481. The van der Waals surface area contributed by atoms with Crippen LogP contribution in [0.4, 0.5) is 5.69 Å². The lowest BCUT2D eigenvalue weighted by molar-refractivity contribution is 0.0878. The van der Waals surface area contributed by atoms with E-state index in [1.54, 1.807) is 12.1 Å². The Labute approximate surface area is 205 Å². The molecular weight excluding hydrogens is 440 g/mol. The van der Waals surface area contributed by atoms with Crippen LogP contribution < -0.4 is 10.6 Å². The Morgan fingerprint density at radius 1 is 0.914 bits per heavy atom. The number of benzene rings is 2. The van der Waals surface area contributed by atoms with Gasteiger partial charge in [0.2, 0.25) is 0 Å². The number of nitrogens with one attached hydrogen (secondary N) is 2. The average Bonchev–Trinajstić information content (AvgIpc) is 3.37. The molecule has 0 unspecified atom stereocenters. The number of hydrogen-bond donors (Lipinski definition) is 2. The third-order valence-corrected chi connectivity index (χ3v) is 7.55. The molecule has 2 N–H and O–H groups in total. The summed E-state index contributed by atoms with van der Waals surface area (Å²) in [5.74, 6) is -0.398. The van der Waals surface area contributed by atoms with E-state index in [2.05, 4.69) is 57.4 Å². The maximum Gasteiger partial charge on any atom is 0.291 e. The van der Waals surface area contributed by atoms with Crippen molar-refractivity contribution in [3.8, 4) is 0 Å². The fraction of sp³-hybridized carbons (Fsp3) is 0.345. The third-order valence-electron chi connectivity index (χ3n) is 7.55. The SMILES string of the molecule is Cc1cc2c(cc1Cc1ccc(C(=O)Nc3ccc4c(c3)C(=O)NC4=O)o1)C(C)(C)CCC2(C)C. The highest BCUT2D eigenvalue weighted by Gasteiger charge is 2.37. The second kappa shape index (κ2) is 7.94. The molecule has 180 valence electrons. The fourth-order valence-electron chi connectivity index (χ4n) is 5.18. The van der Waals surface area contributed by atoms with E-state index in [1.165, 1.54) is 40.8 Å². The smallest absolute Gasteiger partial charge is 0.291 e. The lowest BCUT2D eigenvalue weighted by atomic mass is 9.62. The van der Waals surface area contributed by atoms with Crippen molar-refractivity contribution in [2.75, 3.05) is 5.32 Å². The monoisotopic (exact) mass is 470 g/mol. The van der Waals surface area contributed by atoms with Crippen LogP contribution in [-0.4, -0.2) is 17.7 Å². The van der Waals surface area contributed by atoms with Crippen LogP contribution in [0.3, 0.4) is 0 Å². The highest BCUT2D eigenvalue weighted by molar-refractivity contribution is 6.22. The molecule has 3 amide bonds. The van der Waals surface area contributed by atoms with Crippen molar-refractivity contribution in [3.63, 3.8) is 0 Å². The lowest BCUT2D eigenvalue weighted by Crippen LogP contribution is -2.34. The van der Waals surface area contributed by atoms with E-state index in [-0.39, 0.29) is 22.2 Å². The summed E-state index contributed by atoms with van der Waals surface area (Å²) in [5, 5.41) is 4.99. The summed E-state index contributed by atoms with van der Waals surface area (Å²) in [4.78, 5) is 36.4. The van der Waals surface area contributed by atoms with Gasteiger partial charge in [-0.1, -0.05) is 39.8 Å². The number of anilines is 1. The highest BCUT2D eigenvalue weighted by atomic mass is 16.3. The Bertz CT molecular complexity index is 1390. The fourth-order valence-corrected chi connectivity index (χ4v) is 5.18. The van der Waals surface area contributed by atoms with Gasteiger partial charge in [-0.25, -0.2) is 0 Å². The highest BCUT2D eigenvalue weighted by Crippen LogP contribution is 2.46. The summed E-state index contributed by atoms with van der Waals surface area (Å²) in [6.07, 6.45) is 2.93. The number of imide groups is 1. The zero-order valence-electron chi connectivity index (χ0n) is 20.8. The van der Waals surface area contributed by atoms with Crippen LogP contribution in [0.2, 0.25) is 0 Å². The first kappa shape index (κ1) is 23.1. The van der Waals surface area contributed by atoms with Crippen molar-refractivity contribution in [1.82, 2.24) is 5.32 Å². The summed E-state index contributed by atoms with van der Waals surface area (Å²) in [6.45, 7) is 11.4. The molecule has 6 heteroatoms. The number of hydrogen-bond acceptors (Lipinski definition) is 4. The van der Waals surface area contributed by atoms with Crippen LogP contribution >= 0.6 is 0 Å². The summed E-state index contributed by atoms with van der Waals surface area (Å²) in [6, 6.07) is 12.8. The normalized spacial score (nSPS) is 17.5. The molecule has 6 nitrogen and oxygen atoms in total. The molecule has 1 aliphatic carbocycles. The standard InChI is InChI=1S/C29H30N2O4/c1-16-12-22-23(29(4,5)11-10-28(22,2)3)14-17(16)13-19-7-9-24(35-19)27(34)30-18-6-8-20-21(15-18)26(33)31-25(20)32/h6-9,12,14-15H,10-11,13H2,1-5H3,(H,30,34)(H,31,32,33). The Hall–Kier alpha value is -3.67. The Kier molecular flexibility index (Phi) is 5.24. The van der Waals surface area contributed by atoms with Gasteiger partial charge in [0.05, 0.1) is 11.1 Å². The first-order chi connectivity index (χ1) is 16.4. The van der Waals surface area contributed by atoms with E-state index in [9.17, 15) is 14.4 Å². The maximum atomic E-state index is 12.8. The number of fused-ring (bicyclic) bond motifs is 2. The second-order valence-corrected chi connectivity index (χ2v) is 11.0. The Morgan fingerprint density at radius 2 is 1.57 bits per heavy atom. The predicted molar refractivity (Wildman–Crippen MR) is 134 cm³/mol. The van der Waals surface area contributed by atoms with E-state index < -0.39 is 17.7 Å². The molecule has 1 aromatic heterocycles. The molecule has 0 spiro atoms. The topological polar surface area (TPSA) is 88.4 Å². The third kappa shape index (κ3) is 4.07. The predicted octanol–water partition coefficient (Wildman–Crippen LogP) is 5.66. The van der Waals surface area contributed by atoms with Crippen molar-refractivity contribution in [2.24, 2.45) is 0 Å². The van der Waals surface area contributed by atoms with Crippen LogP contribution in [0.1, 0.15) is 99.8 Å². The van der Waals surface area contributed by atoms with Gasteiger partial charge >= 0.3 is 0 Å². The van der Waals surface area contributed by atoms with Crippen molar-refractivity contribution in [2.45, 2.75) is 64.7 Å². The molecule has 2 aliphatic rings. The molecule has 0 saturated heterocycles. The second-order valence-electron chi connectivity index (χ2n) is 11.0. The van der Waals surface area contributed by atoms with E-state index in [4.69, 9.17) is 4.42 Å². The lowest BCUT2D eigenvalue weighted by Gasteiger charge is -2.42. The van der Waals surface area contributed by atoms with Crippen molar-refractivity contribution < 1.29 is 18.8 Å². The molecule has 5 rings (SSSR count). The zero-order chi connectivity index (χ0) is 25.1. The Balaban J connectivity index is 1.35. The molecule has 0 bridgehead atoms. The molecule has 0 atom stereocenters. The number of furan rings is 1. The van der Waals surface area contributed by atoms with Gasteiger partial charge < -0.3 is 9.73 Å². The number of rotatable bonds is 4. The maximum absolute atomic E-state index is 12.8. The van der Waals surface area contributed by atoms with Gasteiger partial charge in [-0.2, -0.15) is 0 Å². The molecule has 0 saturated carbocycles. The minimum Gasteiger partial charge on any atom is -0.456 e. The number of aryl methyl sites for hydroxylation is 1. The molecule has 1 aliphatic heterocycles. The van der Waals surface area contributed by atoms with Gasteiger partial charge in [0.15, 0.2) is 5.76 Å². The molecule has 0 fully saturated rings. The minimum atomic E-state index is -0.464. The van der Waals surface area contributed by atoms with Gasteiger partial charge in [0, 0.05) is 12.1 Å². The van der Waals surface area contributed by atoms with Crippen LogP contribution in [0.5, 0.6) is 0 Å². The molecule has 2 heterocycles. The average molecular weight is 471 g/mol.